The number of rotatable bonds is 4. The van der Waals surface area contributed by atoms with Crippen LogP contribution in [0.5, 0.6) is 0 Å². The Morgan fingerprint density at radius 1 is 1.56 bits per heavy atom. The maximum atomic E-state index is 10.9. The largest absolute Gasteiger partial charge is 0.394 e. The van der Waals surface area contributed by atoms with E-state index in [0.29, 0.717) is 0 Å². The number of nitrogens with zero attached hydrogens (tertiary/aromatic N) is 3. The summed E-state index contributed by atoms with van der Waals surface area (Å²) in [6, 6.07) is 0. The molecule has 18 heavy (non-hydrogen) atoms. The van der Waals surface area contributed by atoms with Crippen molar-refractivity contribution in [2.45, 2.75) is 31.2 Å². The van der Waals surface area contributed by atoms with E-state index in [0.717, 1.165) is 31.9 Å². The molecule has 8 nitrogen and oxygen atoms in total. The van der Waals surface area contributed by atoms with Gasteiger partial charge >= 0.3 is 5.69 Å². The van der Waals surface area contributed by atoms with Crippen LogP contribution in [0.1, 0.15) is 25.7 Å². The topological polar surface area (TPSA) is 127 Å². The molecule has 1 heterocycles. The van der Waals surface area contributed by atoms with E-state index < -0.39 is 10.5 Å². The van der Waals surface area contributed by atoms with Gasteiger partial charge in [0, 0.05) is 0 Å². The number of aliphatic hydroxyl groups is 1. The number of aromatic nitrogens is 2. The average molecular weight is 253 g/mol. The average Bonchev–Trinajstić information content (AvgIpc) is 2.78. The van der Waals surface area contributed by atoms with E-state index in [1.54, 1.807) is 0 Å². The van der Waals surface area contributed by atoms with E-state index in [4.69, 9.17) is 5.73 Å². The van der Waals surface area contributed by atoms with Crippen molar-refractivity contribution in [2.24, 2.45) is 0 Å². The van der Waals surface area contributed by atoms with E-state index in [2.05, 4.69) is 15.3 Å². The lowest BCUT2D eigenvalue weighted by Gasteiger charge is -2.28. The second kappa shape index (κ2) is 4.73. The summed E-state index contributed by atoms with van der Waals surface area (Å²) in [5, 5.41) is 23.3. The molecule has 0 radical (unpaired) electrons. The van der Waals surface area contributed by atoms with Gasteiger partial charge in [0.15, 0.2) is 0 Å². The number of aliphatic hydroxyl groups excluding tert-OH is 1. The first-order valence-corrected chi connectivity index (χ1v) is 5.72. The molecule has 0 saturated heterocycles. The first kappa shape index (κ1) is 12.5. The fraction of sp³-hybridized carbons (Fsp3) is 0.600. The molecule has 1 aliphatic rings. The molecule has 98 valence electrons. The van der Waals surface area contributed by atoms with Crippen molar-refractivity contribution in [2.75, 3.05) is 17.7 Å². The van der Waals surface area contributed by atoms with Crippen molar-refractivity contribution in [3.8, 4) is 0 Å². The number of hydrogen-bond donors (Lipinski definition) is 3. The lowest BCUT2D eigenvalue weighted by Crippen LogP contribution is -2.39. The Balaban J connectivity index is 2.32. The Bertz CT molecular complexity index is 459. The highest BCUT2D eigenvalue weighted by Crippen LogP contribution is 2.34. The standard InChI is InChI=1S/C10H15N5O3/c11-9-12-5-7(15(17)18)8(13-9)14-10(6-16)3-1-2-4-10/h5,16H,1-4,6H2,(H3,11,12,13,14). The van der Waals surface area contributed by atoms with Crippen molar-refractivity contribution in [3.63, 3.8) is 0 Å². The first-order valence-electron chi connectivity index (χ1n) is 5.72. The molecule has 0 aromatic carbocycles. The van der Waals surface area contributed by atoms with E-state index >= 15 is 0 Å². The van der Waals surface area contributed by atoms with Crippen LogP contribution in [0.15, 0.2) is 6.20 Å². The van der Waals surface area contributed by atoms with Gasteiger partial charge in [-0.2, -0.15) is 4.98 Å². The SMILES string of the molecule is Nc1ncc([N+](=O)[O-])c(NC2(CO)CCCC2)n1. The maximum absolute atomic E-state index is 10.9. The maximum Gasteiger partial charge on any atom is 0.329 e. The summed E-state index contributed by atoms with van der Waals surface area (Å²) in [4.78, 5) is 17.8. The van der Waals surface area contributed by atoms with Gasteiger partial charge in [0.1, 0.15) is 6.20 Å². The summed E-state index contributed by atoms with van der Waals surface area (Å²) in [5.41, 5.74) is 4.67. The van der Waals surface area contributed by atoms with Crippen LogP contribution in [-0.4, -0.2) is 32.1 Å². The van der Waals surface area contributed by atoms with E-state index in [1.807, 2.05) is 0 Å². The minimum Gasteiger partial charge on any atom is -0.394 e. The lowest BCUT2D eigenvalue weighted by molar-refractivity contribution is -0.384. The van der Waals surface area contributed by atoms with E-state index in [1.165, 1.54) is 0 Å². The highest BCUT2D eigenvalue weighted by Gasteiger charge is 2.35. The predicted molar refractivity (Wildman–Crippen MR) is 65.0 cm³/mol. The van der Waals surface area contributed by atoms with Crippen molar-refractivity contribution >= 4 is 17.5 Å². The van der Waals surface area contributed by atoms with Gasteiger partial charge in [0.05, 0.1) is 17.1 Å². The van der Waals surface area contributed by atoms with Gasteiger partial charge < -0.3 is 16.2 Å². The molecule has 0 aliphatic heterocycles. The molecule has 0 spiro atoms. The van der Waals surface area contributed by atoms with Crippen molar-refractivity contribution in [1.29, 1.82) is 0 Å². The van der Waals surface area contributed by atoms with Gasteiger partial charge in [-0.1, -0.05) is 12.8 Å². The zero-order valence-electron chi connectivity index (χ0n) is 9.80. The fourth-order valence-corrected chi connectivity index (χ4v) is 2.24. The minimum absolute atomic E-state index is 0.0332. The monoisotopic (exact) mass is 253 g/mol. The smallest absolute Gasteiger partial charge is 0.329 e. The van der Waals surface area contributed by atoms with Gasteiger partial charge in [0.25, 0.3) is 0 Å². The summed E-state index contributed by atoms with van der Waals surface area (Å²) in [6.45, 7) is -0.0892. The third-order valence-corrected chi connectivity index (χ3v) is 3.23. The van der Waals surface area contributed by atoms with Crippen molar-refractivity contribution in [3.05, 3.63) is 16.3 Å². The summed E-state index contributed by atoms with van der Waals surface area (Å²) in [7, 11) is 0. The second-order valence-electron chi connectivity index (χ2n) is 4.49. The first-order chi connectivity index (χ1) is 8.56. The van der Waals surface area contributed by atoms with Crippen LogP contribution in [0.25, 0.3) is 0 Å². The Hall–Kier alpha value is -1.96. The molecule has 8 heteroatoms. The van der Waals surface area contributed by atoms with Gasteiger partial charge in [-0.3, -0.25) is 10.1 Å². The number of hydrogen-bond acceptors (Lipinski definition) is 7. The molecule has 0 amide bonds. The molecule has 0 unspecified atom stereocenters. The second-order valence-corrected chi connectivity index (χ2v) is 4.49. The van der Waals surface area contributed by atoms with Crippen LogP contribution in [0.2, 0.25) is 0 Å². The normalized spacial score (nSPS) is 17.6. The molecule has 0 atom stereocenters. The molecule has 1 fully saturated rings. The van der Waals surface area contributed by atoms with Gasteiger partial charge in [-0.05, 0) is 12.8 Å². The lowest BCUT2D eigenvalue weighted by atomic mass is 9.99. The predicted octanol–water partition coefficient (Wildman–Crippen LogP) is 0.684. The molecule has 1 saturated carbocycles. The zero-order valence-corrected chi connectivity index (χ0v) is 9.80. The minimum atomic E-state index is -0.568. The summed E-state index contributed by atoms with van der Waals surface area (Å²) >= 11 is 0. The van der Waals surface area contributed by atoms with Crippen LogP contribution in [-0.2, 0) is 0 Å². The molecule has 2 rings (SSSR count). The van der Waals surface area contributed by atoms with E-state index in [-0.39, 0.29) is 24.1 Å². The van der Waals surface area contributed by atoms with Crippen molar-refractivity contribution in [1.82, 2.24) is 9.97 Å². The third-order valence-electron chi connectivity index (χ3n) is 3.23. The fourth-order valence-electron chi connectivity index (χ4n) is 2.24. The molecule has 1 aromatic heterocycles. The van der Waals surface area contributed by atoms with Crippen LogP contribution < -0.4 is 11.1 Å². The molecule has 1 aromatic rings. The Morgan fingerprint density at radius 2 is 2.22 bits per heavy atom. The van der Waals surface area contributed by atoms with Crippen molar-refractivity contribution < 1.29 is 10.0 Å². The molecule has 0 bridgehead atoms. The number of nitrogens with one attached hydrogen (secondary N) is 1. The third kappa shape index (κ3) is 2.33. The Kier molecular flexibility index (Phi) is 3.28. The quantitative estimate of drug-likeness (QED) is 0.531. The Labute approximate surface area is 103 Å². The van der Waals surface area contributed by atoms with Crippen LogP contribution >= 0.6 is 0 Å². The number of nitrogens with two attached hydrogens (primary N) is 1. The Morgan fingerprint density at radius 3 is 2.78 bits per heavy atom. The molecular formula is C10H15N5O3. The van der Waals surface area contributed by atoms with Gasteiger partial charge in [-0.15, -0.1) is 0 Å². The van der Waals surface area contributed by atoms with Crippen LogP contribution in [0.3, 0.4) is 0 Å². The number of anilines is 2. The molecule has 4 N–H and O–H groups in total. The molecule has 1 aliphatic carbocycles. The van der Waals surface area contributed by atoms with Crippen LogP contribution in [0.4, 0.5) is 17.5 Å². The molecular weight excluding hydrogens is 238 g/mol. The number of nitrogen functional groups attached to an aromatic ring is 1. The van der Waals surface area contributed by atoms with Gasteiger partial charge in [-0.25, -0.2) is 4.98 Å². The van der Waals surface area contributed by atoms with Gasteiger partial charge in [0.2, 0.25) is 11.8 Å². The summed E-state index contributed by atoms with van der Waals surface area (Å²) in [6.07, 6.45) is 4.53. The van der Waals surface area contributed by atoms with Crippen LogP contribution in [0, 0.1) is 10.1 Å². The highest BCUT2D eigenvalue weighted by atomic mass is 16.6. The number of nitro groups is 1. The van der Waals surface area contributed by atoms with E-state index in [9.17, 15) is 15.2 Å². The zero-order chi connectivity index (χ0) is 13.2. The highest BCUT2D eigenvalue weighted by molar-refractivity contribution is 5.57. The summed E-state index contributed by atoms with van der Waals surface area (Å²) < 4.78 is 0. The summed E-state index contributed by atoms with van der Waals surface area (Å²) in [5.74, 6) is 0.0395.